The van der Waals surface area contributed by atoms with Gasteiger partial charge in [0.2, 0.25) is 10.0 Å². The summed E-state index contributed by atoms with van der Waals surface area (Å²) < 4.78 is 53.2. The van der Waals surface area contributed by atoms with E-state index in [1.54, 1.807) is 24.4 Å². The number of pyridine rings is 1. The van der Waals surface area contributed by atoms with Gasteiger partial charge >= 0.3 is 0 Å². The monoisotopic (exact) mass is 313 g/mol. The molecule has 3 N–H and O–H groups in total. The average molecular weight is 313 g/mol. The molecule has 0 aliphatic heterocycles. The fourth-order valence-corrected chi connectivity index (χ4v) is 2.91. The Kier molecular flexibility index (Phi) is 4.49. The topological polar surface area (TPSA) is 85.1 Å². The third-order valence-electron chi connectivity index (χ3n) is 2.69. The van der Waals surface area contributed by atoms with Crippen molar-refractivity contribution in [3.8, 4) is 0 Å². The number of hydrogen-bond acceptors (Lipinski definition) is 4. The number of rotatable bonds is 5. The van der Waals surface area contributed by atoms with Crippen molar-refractivity contribution in [2.24, 2.45) is 0 Å². The van der Waals surface area contributed by atoms with Crippen molar-refractivity contribution < 1.29 is 17.2 Å². The Balaban J connectivity index is 2.12. The van der Waals surface area contributed by atoms with E-state index in [0.717, 1.165) is 12.1 Å². The Bertz CT molecular complexity index is 713. The number of nitrogens with one attached hydrogen (secondary N) is 1. The summed E-state index contributed by atoms with van der Waals surface area (Å²) in [7, 11) is -4.29. The van der Waals surface area contributed by atoms with E-state index < -0.39 is 26.6 Å². The lowest BCUT2D eigenvalue weighted by molar-refractivity contribution is 0.515. The van der Waals surface area contributed by atoms with Crippen LogP contribution in [0.15, 0.2) is 41.4 Å². The third kappa shape index (κ3) is 3.73. The largest absolute Gasteiger partial charge is 0.399 e. The first-order valence-electron chi connectivity index (χ1n) is 6.04. The zero-order valence-electron chi connectivity index (χ0n) is 10.9. The molecule has 2 rings (SSSR count). The van der Waals surface area contributed by atoms with Crippen LogP contribution in [0.5, 0.6) is 0 Å². The maximum absolute atomic E-state index is 13.6. The van der Waals surface area contributed by atoms with E-state index in [1.165, 1.54) is 0 Å². The highest BCUT2D eigenvalue weighted by Gasteiger charge is 2.24. The Morgan fingerprint density at radius 3 is 2.43 bits per heavy atom. The van der Waals surface area contributed by atoms with E-state index >= 15 is 0 Å². The summed E-state index contributed by atoms with van der Waals surface area (Å²) >= 11 is 0. The maximum atomic E-state index is 13.6. The zero-order valence-corrected chi connectivity index (χ0v) is 11.7. The van der Waals surface area contributed by atoms with Gasteiger partial charge in [0.1, 0.15) is 11.6 Å². The number of benzene rings is 1. The molecule has 0 saturated heterocycles. The number of nitrogens with two attached hydrogens (primary N) is 1. The summed E-state index contributed by atoms with van der Waals surface area (Å²) in [6.07, 6.45) is 1.88. The lowest BCUT2D eigenvalue weighted by Crippen LogP contribution is -2.28. The molecule has 0 spiro atoms. The van der Waals surface area contributed by atoms with Gasteiger partial charge in [0.25, 0.3) is 0 Å². The Morgan fingerprint density at radius 1 is 1.19 bits per heavy atom. The molecule has 21 heavy (non-hydrogen) atoms. The Morgan fingerprint density at radius 2 is 1.86 bits per heavy atom. The summed E-state index contributed by atoms with van der Waals surface area (Å²) in [6, 6.07) is 6.73. The third-order valence-corrected chi connectivity index (χ3v) is 4.20. The Labute approximate surface area is 120 Å². The highest BCUT2D eigenvalue weighted by Crippen LogP contribution is 2.21. The predicted octanol–water partition coefficient (Wildman–Crippen LogP) is 1.46. The van der Waals surface area contributed by atoms with E-state index in [4.69, 9.17) is 5.73 Å². The molecular formula is C13H13F2N3O2S. The van der Waals surface area contributed by atoms with Crippen molar-refractivity contribution in [1.29, 1.82) is 0 Å². The summed E-state index contributed by atoms with van der Waals surface area (Å²) in [5.41, 5.74) is 5.73. The summed E-state index contributed by atoms with van der Waals surface area (Å²) in [6.45, 7) is -0.0252. The lowest BCUT2D eigenvalue weighted by atomic mass is 10.3. The van der Waals surface area contributed by atoms with Crippen LogP contribution in [0, 0.1) is 11.6 Å². The quantitative estimate of drug-likeness (QED) is 0.819. The lowest BCUT2D eigenvalue weighted by Gasteiger charge is -2.09. The minimum absolute atomic E-state index is 0.0252. The van der Waals surface area contributed by atoms with Crippen molar-refractivity contribution in [2.45, 2.75) is 11.3 Å². The number of nitrogens with zero attached hydrogens (tertiary/aromatic N) is 1. The van der Waals surface area contributed by atoms with Gasteiger partial charge in [0, 0.05) is 30.5 Å². The van der Waals surface area contributed by atoms with Crippen molar-refractivity contribution in [3.05, 3.63) is 53.9 Å². The smallest absolute Gasteiger partial charge is 0.246 e. The summed E-state index contributed by atoms with van der Waals surface area (Å²) in [5, 5.41) is 0. The molecule has 0 aliphatic carbocycles. The molecule has 8 heteroatoms. The van der Waals surface area contributed by atoms with Crippen LogP contribution in [0.2, 0.25) is 0 Å². The van der Waals surface area contributed by atoms with Crippen LogP contribution < -0.4 is 10.5 Å². The molecule has 0 fully saturated rings. The molecule has 5 nitrogen and oxygen atoms in total. The first kappa shape index (κ1) is 15.3. The van der Waals surface area contributed by atoms with Gasteiger partial charge in [-0.1, -0.05) is 6.07 Å². The molecule has 0 unspecified atom stereocenters. The van der Waals surface area contributed by atoms with Gasteiger partial charge in [-0.3, -0.25) is 4.98 Å². The number of anilines is 1. The van der Waals surface area contributed by atoms with Gasteiger partial charge in [-0.2, -0.15) is 0 Å². The molecule has 0 saturated carbocycles. The first-order chi connectivity index (χ1) is 9.90. The van der Waals surface area contributed by atoms with E-state index in [9.17, 15) is 17.2 Å². The van der Waals surface area contributed by atoms with Gasteiger partial charge < -0.3 is 5.73 Å². The first-order valence-corrected chi connectivity index (χ1v) is 7.52. The van der Waals surface area contributed by atoms with E-state index in [2.05, 4.69) is 9.71 Å². The summed E-state index contributed by atoms with van der Waals surface area (Å²) in [5.74, 6) is -2.45. The predicted molar refractivity (Wildman–Crippen MR) is 73.9 cm³/mol. The average Bonchev–Trinajstić information content (AvgIpc) is 2.38. The maximum Gasteiger partial charge on any atom is 0.246 e. The van der Waals surface area contributed by atoms with Gasteiger partial charge in [-0.25, -0.2) is 21.9 Å². The molecule has 0 aliphatic rings. The van der Waals surface area contributed by atoms with Crippen molar-refractivity contribution in [2.75, 3.05) is 12.3 Å². The molecule has 112 valence electrons. The second kappa shape index (κ2) is 6.15. The number of sulfonamides is 1. The highest BCUT2D eigenvalue weighted by atomic mass is 32.2. The van der Waals surface area contributed by atoms with Crippen LogP contribution in [0.4, 0.5) is 14.5 Å². The van der Waals surface area contributed by atoms with Crippen molar-refractivity contribution in [3.63, 3.8) is 0 Å². The second-order valence-corrected chi connectivity index (χ2v) is 5.99. The molecule has 1 aromatic carbocycles. The van der Waals surface area contributed by atoms with Crippen molar-refractivity contribution in [1.82, 2.24) is 9.71 Å². The van der Waals surface area contributed by atoms with Crippen LogP contribution in [0.3, 0.4) is 0 Å². The van der Waals surface area contributed by atoms with Crippen LogP contribution in [-0.2, 0) is 16.4 Å². The SMILES string of the molecule is Nc1cc(F)c(S(=O)(=O)NCCc2ccccn2)c(F)c1. The van der Waals surface area contributed by atoms with E-state index in [-0.39, 0.29) is 12.2 Å². The van der Waals surface area contributed by atoms with Crippen LogP contribution >= 0.6 is 0 Å². The van der Waals surface area contributed by atoms with Crippen molar-refractivity contribution >= 4 is 15.7 Å². The van der Waals surface area contributed by atoms with Crippen LogP contribution in [0.25, 0.3) is 0 Å². The Hall–Kier alpha value is -2.06. The molecule has 2 aromatic rings. The fraction of sp³-hybridized carbons (Fsp3) is 0.154. The highest BCUT2D eigenvalue weighted by molar-refractivity contribution is 7.89. The number of nitrogen functional groups attached to an aromatic ring is 1. The standard InChI is InChI=1S/C13H13F2N3O2S/c14-11-7-9(16)8-12(15)13(11)21(19,20)18-6-4-10-3-1-2-5-17-10/h1-3,5,7-8,18H,4,6,16H2. The van der Waals surface area contributed by atoms with E-state index in [1.807, 2.05) is 0 Å². The molecular weight excluding hydrogens is 300 g/mol. The number of halogens is 2. The minimum atomic E-state index is -4.29. The van der Waals surface area contributed by atoms with Crippen LogP contribution in [0.1, 0.15) is 5.69 Å². The molecule has 1 heterocycles. The molecule has 1 aromatic heterocycles. The van der Waals surface area contributed by atoms with Gasteiger partial charge in [-0.15, -0.1) is 0 Å². The van der Waals surface area contributed by atoms with Gasteiger partial charge in [0.15, 0.2) is 4.90 Å². The van der Waals surface area contributed by atoms with Gasteiger partial charge in [-0.05, 0) is 24.3 Å². The minimum Gasteiger partial charge on any atom is -0.399 e. The molecule has 0 bridgehead atoms. The number of aromatic nitrogens is 1. The van der Waals surface area contributed by atoms with E-state index in [0.29, 0.717) is 12.1 Å². The normalized spacial score (nSPS) is 11.5. The summed E-state index contributed by atoms with van der Waals surface area (Å²) in [4.78, 5) is 2.99. The zero-order chi connectivity index (χ0) is 15.5. The number of hydrogen-bond donors (Lipinski definition) is 2. The van der Waals surface area contributed by atoms with Gasteiger partial charge in [0.05, 0.1) is 0 Å². The second-order valence-electron chi connectivity index (χ2n) is 4.28. The molecule has 0 amide bonds. The molecule has 0 atom stereocenters. The van der Waals surface area contributed by atoms with Crippen LogP contribution in [-0.4, -0.2) is 19.9 Å². The fourth-order valence-electron chi connectivity index (χ4n) is 1.77. The molecule has 0 radical (unpaired) electrons.